The maximum Gasteiger partial charge on any atom is 0.235 e. The smallest absolute Gasteiger partial charge is 0.235 e. The van der Waals surface area contributed by atoms with Crippen LogP contribution in [0.1, 0.15) is 25.0 Å². The lowest BCUT2D eigenvalue weighted by Gasteiger charge is -2.21. The number of rotatable bonds is 6. The van der Waals surface area contributed by atoms with Gasteiger partial charge in [0.25, 0.3) is 0 Å². The van der Waals surface area contributed by atoms with Crippen molar-refractivity contribution in [3.05, 3.63) is 290 Å². The average Bonchev–Trinajstić information content (AvgIpc) is 1.55. The maximum atomic E-state index is 6.94. The quantitative estimate of drug-likeness (QED) is 0.122. The summed E-state index contributed by atoms with van der Waals surface area (Å²) in [5.41, 5.74) is 21.0. The lowest BCUT2D eigenvalue weighted by molar-refractivity contribution is 0.660. The molecule has 0 unspecified atom stereocenters. The highest BCUT2D eigenvalue weighted by molar-refractivity contribution is 7.26. The fourth-order valence-electron chi connectivity index (χ4n) is 18.0. The molecule has 23 aromatic rings. The molecule has 1 aliphatic carbocycles. The first-order valence-electron chi connectivity index (χ1n) is 34.8. The molecule has 0 radical (unpaired) electrons. The predicted molar refractivity (Wildman–Crippen MR) is 429 cm³/mol. The molecule has 472 valence electrons. The Morgan fingerprint density at radius 3 is 1.87 bits per heavy atom. The fraction of sp³-hybridized carbons (Fsp3) is 0.0323. The van der Waals surface area contributed by atoms with Gasteiger partial charge in [0.1, 0.15) is 11.2 Å². The fourth-order valence-corrected chi connectivity index (χ4v) is 20.4. The second kappa shape index (κ2) is 19.8. The van der Waals surface area contributed by atoms with Crippen LogP contribution in [-0.2, 0) is 5.41 Å². The summed E-state index contributed by atoms with van der Waals surface area (Å²) in [5.74, 6) is 1.31. The van der Waals surface area contributed by atoms with E-state index in [4.69, 9.17) is 24.4 Å². The first-order chi connectivity index (χ1) is 50.3. The number of benzene rings is 16. The minimum Gasteiger partial charge on any atom is -0.455 e. The summed E-state index contributed by atoms with van der Waals surface area (Å²) in [6.45, 7) is 4.70. The van der Waals surface area contributed by atoms with E-state index in [9.17, 15) is 0 Å². The standard InChI is InChI=1S/C93H52N6OS2/c1-93(2)71-26-12-8-22-58(71)64-42-55(33-37-72(64)93)86-69-41-51-19-6-7-20-52(51)43-74(69)95-92(97-86)99-76-38-34-53(40-65(76)67-48-80-84-63(89(67)99)35-31-49-21-16-30-78(101-80)82(49)84)56-39-54-32-36-62-85-81(102-79(44-56)83(54)85)47-66-59-23-10-14-28-75(59)98(88(62)66)57-45-68-60-24-11-15-29-77(60)100-90(68)70(46-57)87-61-25-9-13-27-73(61)94-91(96-87)50-17-4-3-5-18-50/h3-48H,1-2H3. The van der Waals surface area contributed by atoms with E-state index in [0.29, 0.717) is 11.8 Å². The minimum absolute atomic E-state index is 0.127. The summed E-state index contributed by atoms with van der Waals surface area (Å²) < 4.78 is 16.9. The largest absolute Gasteiger partial charge is 0.455 e. The van der Waals surface area contributed by atoms with Crippen molar-refractivity contribution in [2.75, 3.05) is 0 Å². The molecule has 0 N–H and O–H groups in total. The second-order valence-corrected chi connectivity index (χ2v) is 30.5. The molecular formula is C93H52N6OS2. The van der Waals surface area contributed by atoms with Crippen LogP contribution in [0.4, 0.5) is 0 Å². The Kier molecular flexibility index (Phi) is 10.7. The molecule has 0 saturated carbocycles. The number of furan rings is 1. The van der Waals surface area contributed by atoms with Gasteiger partial charge in [-0.05, 0) is 146 Å². The molecule has 0 spiro atoms. The van der Waals surface area contributed by atoms with Crippen molar-refractivity contribution in [1.29, 1.82) is 0 Å². The van der Waals surface area contributed by atoms with Crippen molar-refractivity contribution >= 4 is 183 Å². The van der Waals surface area contributed by atoms with Gasteiger partial charge in [0.05, 0.1) is 44.5 Å². The average molecular weight is 1330 g/mol. The summed E-state index contributed by atoms with van der Waals surface area (Å²) in [6, 6.07) is 103. The molecule has 102 heavy (non-hydrogen) atoms. The number of aromatic nitrogens is 6. The number of hydrogen-bond donors (Lipinski definition) is 0. The van der Waals surface area contributed by atoms with Gasteiger partial charge in [-0.3, -0.25) is 4.57 Å². The molecule has 24 rings (SSSR count). The molecule has 0 fully saturated rings. The van der Waals surface area contributed by atoms with Gasteiger partial charge in [0, 0.05) is 122 Å². The van der Waals surface area contributed by atoms with Crippen molar-refractivity contribution in [2.24, 2.45) is 0 Å². The topological polar surface area (TPSA) is 74.6 Å². The highest BCUT2D eigenvalue weighted by Crippen LogP contribution is 2.54. The van der Waals surface area contributed by atoms with Gasteiger partial charge in [-0.15, -0.1) is 22.7 Å². The highest BCUT2D eigenvalue weighted by atomic mass is 32.1. The summed E-state index contributed by atoms with van der Waals surface area (Å²) in [6.07, 6.45) is 0. The van der Waals surface area contributed by atoms with E-state index in [0.717, 1.165) is 116 Å². The van der Waals surface area contributed by atoms with Crippen LogP contribution in [0.3, 0.4) is 0 Å². The van der Waals surface area contributed by atoms with Crippen LogP contribution in [0.25, 0.3) is 228 Å². The lowest BCUT2D eigenvalue weighted by atomic mass is 9.82. The van der Waals surface area contributed by atoms with Crippen molar-refractivity contribution in [3.63, 3.8) is 0 Å². The van der Waals surface area contributed by atoms with Gasteiger partial charge in [-0.2, -0.15) is 0 Å². The third kappa shape index (κ3) is 7.41. The zero-order valence-corrected chi connectivity index (χ0v) is 56.6. The highest BCUT2D eigenvalue weighted by Gasteiger charge is 2.36. The van der Waals surface area contributed by atoms with Crippen LogP contribution in [0, 0.1) is 0 Å². The Balaban J connectivity index is 0.716. The van der Waals surface area contributed by atoms with Crippen LogP contribution < -0.4 is 0 Å². The van der Waals surface area contributed by atoms with Crippen LogP contribution >= 0.6 is 22.7 Å². The van der Waals surface area contributed by atoms with E-state index in [-0.39, 0.29) is 5.41 Å². The predicted octanol–water partition coefficient (Wildman–Crippen LogP) is 25.7. The minimum atomic E-state index is -0.127. The number of para-hydroxylation sites is 3. The van der Waals surface area contributed by atoms with Crippen LogP contribution in [0.5, 0.6) is 0 Å². The van der Waals surface area contributed by atoms with Gasteiger partial charge in [0.2, 0.25) is 5.95 Å². The zero-order chi connectivity index (χ0) is 66.5. The van der Waals surface area contributed by atoms with Gasteiger partial charge in [-0.25, -0.2) is 19.9 Å². The van der Waals surface area contributed by atoms with Gasteiger partial charge >= 0.3 is 0 Å². The van der Waals surface area contributed by atoms with E-state index < -0.39 is 0 Å². The molecule has 7 heterocycles. The lowest BCUT2D eigenvalue weighted by Crippen LogP contribution is -2.14. The van der Waals surface area contributed by atoms with E-state index in [2.05, 4.69) is 278 Å². The van der Waals surface area contributed by atoms with Crippen molar-refractivity contribution in [1.82, 2.24) is 29.1 Å². The number of nitrogens with zero attached hydrogens (tertiary/aromatic N) is 6. The summed E-state index contributed by atoms with van der Waals surface area (Å²) in [4.78, 5) is 22.2. The van der Waals surface area contributed by atoms with Crippen molar-refractivity contribution in [2.45, 2.75) is 19.3 Å². The third-order valence-corrected chi connectivity index (χ3v) is 24.7. The molecule has 0 aliphatic heterocycles. The Morgan fingerprint density at radius 2 is 1.00 bits per heavy atom. The molecule has 0 amide bonds. The molecule has 0 atom stereocenters. The van der Waals surface area contributed by atoms with Crippen molar-refractivity contribution < 1.29 is 4.42 Å². The summed E-state index contributed by atoms with van der Waals surface area (Å²) >= 11 is 3.78. The molecule has 0 bridgehead atoms. The van der Waals surface area contributed by atoms with E-state index in [1.54, 1.807) is 0 Å². The van der Waals surface area contributed by atoms with Crippen LogP contribution in [-0.4, -0.2) is 29.1 Å². The monoisotopic (exact) mass is 1330 g/mol. The van der Waals surface area contributed by atoms with E-state index >= 15 is 0 Å². The molecule has 1 aliphatic rings. The maximum absolute atomic E-state index is 6.94. The summed E-state index contributed by atoms with van der Waals surface area (Å²) in [7, 11) is 0. The zero-order valence-electron chi connectivity index (χ0n) is 55.0. The van der Waals surface area contributed by atoms with Crippen LogP contribution in [0.15, 0.2) is 283 Å². The first kappa shape index (κ1) is 55.2. The van der Waals surface area contributed by atoms with Gasteiger partial charge < -0.3 is 8.98 Å². The first-order valence-corrected chi connectivity index (χ1v) is 36.4. The SMILES string of the molecule is CC1(C)c2ccccc2-c2cc(-c3nc(-n4c5ccc(-c6cc7ccc8c9c(cc%10c%11ccccc%11n(-c%11cc(-c%12nc(-c%13ccccc%13)nc%13ccccc%12%13)c%12oc%13ccccc%13c%12c%11)c%108)sc(c6)c79)cc5c5cc6sc7cccc8ccc(c6c87)c54)nc4cc5ccccc5cc34)ccc21. The van der Waals surface area contributed by atoms with E-state index in [1.807, 2.05) is 46.9 Å². The molecule has 7 aromatic heterocycles. The Labute approximate surface area is 589 Å². The second-order valence-electron chi connectivity index (χ2n) is 28.3. The summed E-state index contributed by atoms with van der Waals surface area (Å²) in [5, 5.41) is 21.2. The van der Waals surface area contributed by atoms with E-state index in [1.165, 1.54) is 111 Å². The number of thiophene rings is 2. The van der Waals surface area contributed by atoms with Gasteiger partial charge in [-0.1, -0.05) is 202 Å². The van der Waals surface area contributed by atoms with Crippen molar-refractivity contribution in [3.8, 4) is 67.8 Å². The van der Waals surface area contributed by atoms with Crippen LogP contribution in [0.2, 0.25) is 0 Å². The van der Waals surface area contributed by atoms with Gasteiger partial charge in [0.15, 0.2) is 5.82 Å². The number of fused-ring (bicyclic) bond motifs is 17. The molecule has 9 heteroatoms. The Bertz CT molecular complexity index is 7680. The normalized spacial score (nSPS) is 13.3. The Morgan fingerprint density at radius 1 is 0.324 bits per heavy atom. The third-order valence-electron chi connectivity index (χ3n) is 22.6. The molecule has 16 aromatic carbocycles. The Hall–Kier alpha value is -12.7. The molecular weight excluding hydrogens is 1280 g/mol. The number of hydrogen-bond acceptors (Lipinski definition) is 7. The molecule has 7 nitrogen and oxygen atoms in total. The molecule has 0 saturated heterocycles.